The molecule has 1 atom stereocenters. The lowest BCUT2D eigenvalue weighted by atomic mass is 9.87. The van der Waals surface area contributed by atoms with Gasteiger partial charge in [0.25, 0.3) is 0 Å². The number of halogens is 3. The van der Waals surface area contributed by atoms with Gasteiger partial charge in [-0.2, -0.15) is 13.2 Å². The molecule has 0 bridgehead atoms. The first kappa shape index (κ1) is 25.8. The molecule has 0 spiro atoms. The second kappa shape index (κ2) is 10.2. The molecule has 1 aliphatic carbocycles. The lowest BCUT2D eigenvalue weighted by Crippen LogP contribution is -2.30. The fraction of sp³-hybridized carbons (Fsp3) is 0.375. The van der Waals surface area contributed by atoms with Crippen LogP contribution in [-0.4, -0.2) is 34.0 Å². The standard InChI is InChI=1S/C24H26F3NO5S/c1-15(2)16-10-17(24(25,26)27)12-18(11-16)34(30,31)14-28-21-8-4-7-20-19(21)6-5-9-22(20)33-13-23(29)32-3/h5-6,9-12,21,28H,1,4,7-8,13-14H2,2-3H3/t21-/m1/s1. The Hall–Kier alpha value is -2.85. The molecule has 1 aliphatic rings. The molecule has 0 radical (unpaired) electrons. The summed E-state index contributed by atoms with van der Waals surface area (Å²) < 4.78 is 76.1. The Balaban J connectivity index is 1.83. The van der Waals surface area contributed by atoms with Gasteiger partial charge in [-0.05, 0) is 67.1 Å². The molecular formula is C24H26F3NO5S. The van der Waals surface area contributed by atoms with Gasteiger partial charge in [0.15, 0.2) is 16.4 Å². The monoisotopic (exact) mass is 497 g/mol. The quantitative estimate of drug-likeness (QED) is 0.533. The number of rotatable bonds is 8. The van der Waals surface area contributed by atoms with Crippen LogP contribution in [0.15, 0.2) is 47.9 Å². The Morgan fingerprint density at radius 3 is 2.62 bits per heavy atom. The van der Waals surface area contributed by atoms with Crippen LogP contribution in [0.5, 0.6) is 5.75 Å². The third-order valence-corrected chi connectivity index (χ3v) is 7.14. The molecule has 0 unspecified atom stereocenters. The number of hydrogen-bond donors (Lipinski definition) is 1. The van der Waals surface area contributed by atoms with E-state index in [1.165, 1.54) is 20.1 Å². The van der Waals surface area contributed by atoms with Gasteiger partial charge >= 0.3 is 12.1 Å². The molecule has 3 rings (SSSR count). The predicted molar refractivity (Wildman–Crippen MR) is 121 cm³/mol. The summed E-state index contributed by atoms with van der Waals surface area (Å²) in [6, 6.07) is 7.72. The van der Waals surface area contributed by atoms with Gasteiger partial charge in [-0.1, -0.05) is 24.3 Å². The van der Waals surface area contributed by atoms with E-state index in [1.807, 2.05) is 6.07 Å². The van der Waals surface area contributed by atoms with Crippen molar-refractivity contribution < 1.29 is 35.9 Å². The summed E-state index contributed by atoms with van der Waals surface area (Å²) in [5.74, 6) is -0.549. The molecule has 0 fully saturated rings. The van der Waals surface area contributed by atoms with Crippen molar-refractivity contribution in [2.75, 3.05) is 19.6 Å². The molecule has 0 amide bonds. The van der Waals surface area contributed by atoms with Crippen LogP contribution < -0.4 is 10.1 Å². The summed E-state index contributed by atoms with van der Waals surface area (Å²) in [4.78, 5) is 11.0. The van der Waals surface area contributed by atoms with E-state index < -0.39 is 38.3 Å². The summed E-state index contributed by atoms with van der Waals surface area (Å²) in [5.41, 5.74) is 1.09. The number of methoxy groups -OCH3 is 1. The van der Waals surface area contributed by atoms with E-state index in [4.69, 9.17) is 4.74 Å². The SMILES string of the molecule is C=C(C)c1cc(C(F)(F)F)cc(S(=O)(=O)CN[C@@H]2CCCc3c(OCC(=O)OC)cccc32)c1. The first-order valence-corrected chi connectivity index (χ1v) is 12.2. The number of allylic oxidation sites excluding steroid dienone is 1. The Morgan fingerprint density at radius 2 is 1.97 bits per heavy atom. The van der Waals surface area contributed by atoms with E-state index in [9.17, 15) is 26.4 Å². The number of nitrogens with one attached hydrogen (secondary N) is 1. The van der Waals surface area contributed by atoms with Gasteiger partial charge < -0.3 is 9.47 Å². The molecule has 2 aromatic rings. The van der Waals surface area contributed by atoms with Crippen LogP contribution in [0.2, 0.25) is 0 Å². The third kappa shape index (κ3) is 5.98. The first-order valence-electron chi connectivity index (χ1n) is 10.6. The number of fused-ring (bicyclic) bond motifs is 1. The minimum absolute atomic E-state index is 0.115. The second-order valence-corrected chi connectivity index (χ2v) is 10.1. The van der Waals surface area contributed by atoms with E-state index in [0.29, 0.717) is 30.2 Å². The van der Waals surface area contributed by atoms with Crippen molar-refractivity contribution in [3.8, 4) is 5.75 Å². The van der Waals surface area contributed by atoms with Gasteiger partial charge in [0, 0.05) is 6.04 Å². The van der Waals surface area contributed by atoms with Crippen LogP contribution in [0.25, 0.3) is 5.57 Å². The van der Waals surface area contributed by atoms with E-state index in [-0.39, 0.29) is 18.2 Å². The Labute approximate surface area is 196 Å². The Kier molecular flexibility index (Phi) is 7.72. The minimum Gasteiger partial charge on any atom is -0.482 e. The average Bonchev–Trinajstić information content (AvgIpc) is 2.80. The van der Waals surface area contributed by atoms with Crippen LogP contribution in [0, 0.1) is 0 Å². The molecule has 2 aromatic carbocycles. The molecule has 0 heterocycles. The number of benzene rings is 2. The number of alkyl halides is 3. The van der Waals surface area contributed by atoms with Crippen LogP contribution in [0.4, 0.5) is 13.2 Å². The number of sulfone groups is 1. The zero-order chi connectivity index (χ0) is 25.1. The molecular weight excluding hydrogens is 471 g/mol. The van der Waals surface area contributed by atoms with Crippen LogP contribution in [0.1, 0.15) is 48.1 Å². The third-order valence-electron chi connectivity index (χ3n) is 5.64. The average molecular weight is 498 g/mol. The lowest BCUT2D eigenvalue weighted by molar-refractivity contribution is -0.143. The zero-order valence-electron chi connectivity index (χ0n) is 18.9. The van der Waals surface area contributed by atoms with Gasteiger partial charge in [0.2, 0.25) is 0 Å². The maximum atomic E-state index is 13.3. The first-order chi connectivity index (χ1) is 15.9. The largest absolute Gasteiger partial charge is 0.482 e. The lowest BCUT2D eigenvalue weighted by Gasteiger charge is -2.28. The highest BCUT2D eigenvalue weighted by atomic mass is 32.2. The fourth-order valence-corrected chi connectivity index (χ4v) is 5.04. The van der Waals surface area contributed by atoms with Crippen molar-refractivity contribution in [1.82, 2.24) is 5.32 Å². The molecule has 0 saturated carbocycles. The van der Waals surface area contributed by atoms with Gasteiger partial charge in [-0.25, -0.2) is 13.2 Å². The maximum absolute atomic E-state index is 13.3. The molecule has 1 N–H and O–H groups in total. The van der Waals surface area contributed by atoms with Gasteiger partial charge in [0.1, 0.15) is 11.6 Å². The Bertz CT molecular complexity index is 1190. The van der Waals surface area contributed by atoms with Crippen LogP contribution in [-0.2, 0) is 32.0 Å². The highest BCUT2D eigenvalue weighted by Crippen LogP contribution is 2.36. The van der Waals surface area contributed by atoms with Crippen molar-refractivity contribution in [3.63, 3.8) is 0 Å². The van der Waals surface area contributed by atoms with Crippen LogP contribution >= 0.6 is 0 Å². The van der Waals surface area contributed by atoms with Crippen molar-refractivity contribution in [2.24, 2.45) is 0 Å². The number of ether oxygens (including phenoxy) is 2. The Morgan fingerprint density at radius 1 is 1.24 bits per heavy atom. The number of carbonyl (C=O) groups is 1. The highest BCUT2D eigenvalue weighted by Gasteiger charge is 2.33. The zero-order valence-corrected chi connectivity index (χ0v) is 19.7. The van der Waals surface area contributed by atoms with Crippen molar-refractivity contribution >= 4 is 21.4 Å². The van der Waals surface area contributed by atoms with E-state index >= 15 is 0 Å². The number of carbonyl (C=O) groups excluding carboxylic acids is 1. The van der Waals surface area contributed by atoms with Gasteiger partial charge in [0.05, 0.1) is 17.6 Å². The summed E-state index contributed by atoms with van der Waals surface area (Å²) in [6.45, 7) is 4.90. The van der Waals surface area contributed by atoms with Gasteiger partial charge in [-0.3, -0.25) is 5.32 Å². The van der Waals surface area contributed by atoms with E-state index in [0.717, 1.165) is 23.6 Å². The summed E-state index contributed by atoms with van der Waals surface area (Å²) in [7, 11) is -2.82. The molecule has 0 saturated heterocycles. The molecule has 6 nitrogen and oxygen atoms in total. The molecule has 34 heavy (non-hydrogen) atoms. The maximum Gasteiger partial charge on any atom is 0.416 e. The van der Waals surface area contributed by atoms with Crippen LogP contribution in [0.3, 0.4) is 0 Å². The van der Waals surface area contributed by atoms with Crippen molar-refractivity contribution in [1.29, 1.82) is 0 Å². The highest BCUT2D eigenvalue weighted by molar-refractivity contribution is 7.91. The molecule has 0 aromatic heterocycles. The number of esters is 1. The van der Waals surface area contributed by atoms with E-state index in [1.54, 1.807) is 12.1 Å². The molecule has 10 heteroatoms. The smallest absolute Gasteiger partial charge is 0.416 e. The number of hydrogen-bond acceptors (Lipinski definition) is 6. The minimum atomic E-state index is -4.69. The molecule has 184 valence electrons. The second-order valence-electron chi connectivity index (χ2n) is 8.12. The van der Waals surface area contributed by atoms with Crippen molar-refractivity contribution in [2.45, 2.75) is 43.3 Å². The van der Waals surface area contributed by atoms with Gasteiger partial charge in [-0.15, -0.1) is 0 Å². The predicted octanol–water partition coefficient (Wildman–Crippen LogP) is 4.69. The summed E-state index contributed by atoms with van der Waals surface area (Å²) in [5, 5.41) is 2.99. The summed E-state index contributed by atoms with van der Waals surface area (Å²) in [6.07, 6.45) is -2.62. The molecule has 0 aliphatic heterocycles. The summed E-state index contributed by atoms with van der Waals surface area (Å²) >= 11 is 0. The topological polar surface area (TPSA) is 81.7 Å². The van der Waals surface area contributed by atoms with Crippen molar-refractivity contribution in [3.05, 3.63) is 65.2 Å². The van der Waals surface area contributed by atoms with E-state index in [2.05, 4.69) is 16.6 Å². The fourth-order valence-electron chi connectivity index (χ4n) is 3.84. The normalized spacial score (nSPS) is 16.0.